The molecule has 1 unspecified atom stereocenters. The lowest BCUT2D eigenvalue weighted by Gasteiger charge is -2.25. The van der Waals surface area contributed by atoms with Crippen LogP contribution >= 0.6 is 0 Å². The zero-order valence-electron chi connectivity index (χ0n) is 17.7. The summed E-state index contributed by atoms with van der Waals surface area (Å²) in [6.45, 7) is 5.14. The van der Waals surface area contributed by atoms with Crippen molar-refractivity contribution < 1.29 is 4.74 Å². The smallest absolute Gasteiger partial charge is 0.0720 e. The van der Waals surface area contributed by atoms with Gasteiger partial charge in [-0.05, 0) is 87.0 Å². The van der Waals surface area contributed by atoms with Crippen molar-refractivity contribution in [3.63, 3.8) is 0 Å². The van der Waals surface area contributed by atoms with Gasteiger partial charge in [0.2, 0.25) is 0 Å². The Morgan fingerprint density at radius 1 is 0.897 bits per heavy atom. The molecule has 1 saturated carbocycles. The summed E-state index contributed by atoms with van der Waals surface area (Å²) in [6, 6.07) is 17.4. The fourth-order valence-corrected chi connectivity index (χ4v) is 4.10. The van der Waals surface area contributed by atoms with Crippen molar-refractivity contribution in [1.82, 2.24) is 4.90 Å². The minimum atomic E-state index is 0.498. The van der Waals surface area contributed by atoms with Crippen LogP contribution in [0.5, 0.6) is 0 Å². The second kappa shape index (κ2) is 10.1. The maximum atomic E-state index is 5.88. The molecule has 2 fully saturated rings. The van der Waals surface area contributed by atoms with Crippen LogP contribution in [-0.4, -0.2) is 37.7 Å². The van der Waals surface area contributed by atoms with E-state index in [1.54, 1.807) is 0 Å². The average molecular weight is 394 g/mol. The number of anilines is 2. The first-order chi connectivity index (χ1) is 14.2. The molecule has 29 heavy (non-hydrogen) atoms. The fraction of sp³-hybridized carbons (Fsp3) is 0.520. The van der Waals surface area contributed by atoms with Crippen LogP contribution in [0.15, 0.2) is 48.5 Å². The minimum Gasteiger partial charge on any atom is -0.385 e. The lowest BCUT2D eigenvalue weighted by atomic mass is 9.96. The number of benzene rings is 2. The third-order valence-corrected chi connectivity index (χ3v) is 6.31. The molecule has 1 heterocycles. The van der Waals surface area contributed by atoms with E-state index in [1.807, 2.05) is 0 Å². The quantitative estimate of drug-likeness (QED) is 0.587. The predicted octanol–water partition coefficient (Wildman–Crippen LogP) is 5.12. The summed E-state index contributed by atoms with van der Waals surface area (Å²) in [5.41, 5.74) is 4.92. The van der Waals surface area contributed by atoms with Gasteiger partial charge >= 0.3 is 0 Å². The molecule has 2 aliphatic rings. The lowest BCUT2D eigenvalue weighted by molar-refractivity contribution is -0.00866. The van der Waals surface area contributed by atoms with Gasteiger partial charge in [-0.1, -0.05) is 24.3 Å². The molecule has 1 aliphatic heterocycles. The van der Waals surface area contributed by atoms with Crippen molar-refractivity contribution in [2.45, 2.75) is 51.4 Å². The maximum Gasteiger partial charge on any atom is 0.0720 e. The maximum absolute atomic E-state index is 5.88. The van der Waals surface area contributed by atoms with Crippen LogP contribution in [0, 0.1) is 5.92 Å². The Balaban J connectivity index is 1.15. The van der Waals surface area contributed by atoms with Gasteiger partial charge in [-0.2, -0.15) is 0 Å². The fourth-order valence-electron chi connectivity index (χ4n) is 4.10. The second-order valence-corrected chi connectivity index (χ2v) is 8.74. The van der Waals surface area contributed by atoms with Crippen molar-refractivity contribution in [3.8, 4) is 0 Å². The number of hydrogen-bond acceptors (Lipinski definition) is 4. The van der Waals surface area contributed by atoms with Gasteiger partial charge < -0.3 is 20.3 Å². The Bertz CT molecular complexity index is 740. The van der Waals surface area contributed by atoms with Crippen molar-refractivity contribution in [1.29, 1.82) is 0 Å². The van der Waals surface area contributed by atoms with Crippen LogP contribution in [0.4, 0.5) is 11.4 Å². The Hall–Kier alpha value is -2.04. The van der Waals surface area contributed by atoms with Crippen LogP contribution in [0.3, 0.4) is 0 Å². The number of ether oxygens (including phenoxy) is 1. The van der Waals surface area contributed by atoms with Crippen molar-refractivity contribution in [3.05, 3.63) is 59.7 Å². The molecule has 0 spiro atoms. The molecule has 0 amide bonds. The van der Waals surface area contributed by atoms with Gasteiger partial charge in [0, 0.05) is 31.0 Å². The van der Waals surface area contributed by atoms with Gasteiger partial charge in [-0.25, -0.2) is 0 Å². The predicted molar refractivity (Wildman–Crippen MR) is 121 cm³/mol. The molecule has 0 radical (unpaired) electrons. The minimum absolute atomic E-state index is 0.498. The first-order valence-electron chi connectivity index (χ1n) is 11.2. The van der Waals surface area contributed by atoms with Gasteiger partial charge in [0.15, 0.2) is 0 Å². The van der Waals surface area contributed by atoms with Crippen LogP contribution < -0.4 is 10.6 Å². The molecule has 2 aromatic rings. The van der Waals surface area contributed by atoms with Gasteiger partial charge in [0.1, 0.15) is 0 Å². The van der Waals surface area contributed by atoms with Crippen LogP contribution in [-0.2, 0) is 17.9 Å². The highest BCUT2D eigenvalue weighted by Crippen LogP contribution is 2.23. The molecule has 156 valence electrons. The highest BCUT2D eigenvalue weighted by atomic mass is 16.5. The summed E-state index contributed by atoms with van der Waals surface area (Å²) in [6.07, 6.45) is 6.88. The van der Waals surface area contributed by atoms with Gasteiger partial charge in [0.05, 0.1) is 12.7 Å². The van der Waals surface area contributed by atoms with E-state index < -0.39 is 0 Å². The van der Waals surface area contributed by atoms with E-state index in [0.29, 0.717) is 6.10 Å². The van der Waals surface area contributed by atoms with E-state index in [1.165, 1.54) is 62.0 Å². The zero-order chi connectivity index (χ0) is 19.9. The largest absolute Gasteiger partial charge is 0.385 e. The summed E-state index contributed by atoms with van der Waals surface area (Å²) in [4.78, 5) is 2.43. The highest BCUT2D eigenvalue weighted by Gasteiger charge is 2.18. The van der Waals surface area contributed by atoms with Crippen LogP contribution in [0.25, 0.3) is 0 Å². The van der Waals surface area contributed by atoms with E-state index in [-0.39, 0.29) is 0 Å². The van der Waals surface area contributed by atoms with E-state index in [4.69, 9.17) is 4.74 Å². The summed E-state index contributed by atoms with van der Waals surface area (Å²) in [7, 11) is 2.22. The Morgan fingerprint density at radius 3 is 2.21 bits per heavy atom. The topological polar surface area (TPSA) is 36.5 Å². The Morgan fingerprint density at radius 2 is 1.59 bits per heavy atom. The van der Waals surface area contributed by atoms with E-state index in [2.05, 4.69) is 71.1 Å². The van der Waals surface area contributed by atoms with Crippen LogP contribution in [0.2, 0.25) is 0 Å². The van der Waals surface area contributed by atoms with E-state index in [0.717, 1.165) is 31.3 Å². The molecular weight excluding hydrogens is 358 g/mol. The van der Waals surface area contributed by atoms with Crippen molar-refractivity contribution in [2.24, 2.45) is 5.92 Å². The lowest BCUT2D eigenvalue weighted by Crippen LogP contribution is -2.21. The monoisotopic (exact) mass is 393 g/mol. The van der Waals surface area contributed by atoms with E-state index in [9.17, 15) is 0 Å². The molecule has 4 nitrogen and oxygen atoms in total. The van der Waals surface area contributed by atoms with Crippen LogP contribution in [0.1, 0.15) is 43.2 Å². The third-order valence-electron chi connectivity index (χ3n) is 6.31. The summed E-state index contributed by atoms with van der Waals surface area (Å²) in [5.74, 6) is 0.851. The summed E-state index contributed by atoms with van der Waals surface area (Å²) in [5, 5.41) is 7.08. The standard InChI is InChI=1S/C25H35N3O/c1-28-16-14-21(18-28)13-15-26-23-9-11-24(12-10-23)27-17-20-5-7-22(8-6-20)19-29-25-3-2-4-25/h5-12,21,25-27H,2-4,13-19H2,1H3. The molecule has 2 aromatic carbocycles. The molecule has 4 heteroatoms. The Labute approximate surface area is 175 Å². The second-order valence-electron chi connectivity index (χ2n) is 8.74. The first-order valence-corrected chi connectivity index (χ1v) is 11.2. The number of nitrogens with one attached hydrogen (secondary N) is 2. The molecule has 2 N–H and O–H groups in total. The third kappa shape index (κ3) is 6.22. The number of rotatable bonds is 10. The zero-order valence-corrected chi connectivity index (χ0v) is 17.7. The molecule has 1 atom stereocenters. The van der Waals surface area contributed by atoms with Gasteiger partial charge in [0.25, 0.3) is 0 Å². The average Bonchev–Trinajstić information content (AvgIpc) is 3.12. The van der Waals surface area contributed by atoms with Crippen molar-refractivity contribution >= 4 is 11.4 Å². The molecule has 1 saturated heterocycles. The molecule has 4 rings (SSSR count). The molecule has 1 aliphatic carbocycles. The molecular formula is C25H35N3O. The summed E-state index contributed by atoms with van der Waals surface area (Å²) < 4.78 is 5.88. The Kier molecular flexibility index (Phi) is 7.07. The normalized spacial score (nSPS) is 19.8. The highest BCUT2D eigenvalue weighted by molar-refractivity contribution is 5.53. The van der Waals surface area contributed by atoms with Gasteiger partial charge in [-0.3, -0.25) is 0 Å². The summed E-state index contributed by atoms with van der Waals surface area (Å²) >= 11 is 0. The number of hydrogen-bond donors (Lipinski definition) is 2. The molecule has 0 aromatic heterocycles. The molecule has 0 bridgehead atoms. The van der Waals surface area contributed by atoms with Gasteiger partial charge in [-0.15, -0.1) is 0 Å². The van der Waals surface area contributed by atoms with Crippen molar-refractivity contribution in [2.75, 3.05) is 37.3 Å². The van der Waals surface area contributed by atoms with E-state index >= 15 is 0 Å². The SMILES string of the molecule is CN1CCC(CCNc2ccc(NCc3ccc(COC4CCC4)cc3)cc2)C1. The number of likely N-dealkylation sites (tertiary alicyclic amines) is 1. The number of nitrogens with zero attached hydrogens (tertiary/aromatic N) is 1. The first kappa shape index (κ1) is 20.2.